The highest BCUT2D eigenvalue weighted by Crippen LogP contribution is 2.54. The van der Waals surface area contributed by atoms with Gasteiger partial charge in [0.25, 0.3) is 17.1 Å². The molecule has 0 atom stereocenters. The van der Waals surface area contributed by atoms with Crippen molar-refractivity contribution in [1.82, 2.24) is 0 Å². The molecule has 51 heavy (non-hydrogen) atoms. The van der Waals surface area contributed by atoms with E-state index in [0.29, 0.717) is 22.0 Å². The van der Waals surface area contributed by atoms with E-state index in [2.05, 4.69) is 21.2 Å². The lowest BCUT2D eigenvalue weighted by Crippen LogP contribution is -2.54. The fourth-order valence-corrected chi connectivity index (χ4v) is 5.30. The molecule has 5 rings (SSSR count). The molecule has 0 spiro atoms. The molecular weight excluding hydrogens is 780 g/mol. The first-order chi connectivity index (χ1) is 23.4. The Morgan fingerprint density at radius 2 is 0.941 bits per heavy atom. The summed E-state index contributed by atoms with van der Waals surface area (Å²) >= 11 is 3.16. The van der Waals surface area contributed by atoms with Crippen LogP contribution in [0.25, 0.3) is 21.5 Å². The third-order valence-electron chi connectivity index (χ3n) is 7.67. The normalized spacial score (nSPS) is 13.2. The van der Waals surface area contributed by atoms with E-state index in [9.17, 15) is 67.7 Å². The van der Waals surface area contributed by atoms with E-state index in [-0.39, 0.29) is 21.7 Å². The Bertz CT molecular complexity index is 2030. The zero-order valence-electron chi connectivity index (χ0n) is 25.0. The van der Waals surface area contributed by atoms with Crippen LogP contribution in [-0.2, 0) is 11.2 Å². The molecule has 0 heterocycles. The molecule has 18 heteroatoms. The number of anilines is 2. The number of carbonyl (C=O) groups excluding carboxylic acids is 1. The van der Waals surface area contributed by atoms with E-state index in [1.807, 2.05) is 0 Å². The number of nitrogens with two attached hydrogens (primary N) is 1. The second-order valence-corrected chi connectivity index (χ2v) is 11.7. The van der Waals surface area contributed by atoms with Gasteiger partial charge in [-0.1, -0.05) is 88.7 Å². The zero-order valence-corrected chi connectivity index (χ0v) is 26.6. The van der Waals surface area contributed by atoms with Crippen molar-refractivity contribution in [1.29, 1.82) is 0 Å². The van der Waals surface area contributed by atoms with Crippen LogP contribution in [0.1, 0.15) is 21.5 Å². The van der Waals surface area contributed by atoms with Crippen LogP contribution in [0.5, 0.6) is 0 Å². The molecule has 0 fully saturated rings. The van der Waals surface area contributed by atoms with Crippen LogP contribution in [0.2, 0.25) is 0 Å². The first-order valence-electron chi connectivity index (χ1n) is 13.9. The number of hydrogen-bond donors (Lipinski definition) is 4. The number of fused-ring (bicyclic) bond motifs is 2. The Kier molecular flexibility index (Phi) is 10.4. The molecule has 0 saturated carbocycles. The molecule has 5 aromatic carbocycles. The maximum Gasteiger partial charge on any atom is 0.430 e. The van der Waals surface area contributed by atoms with Gasteiger partial charge in [-0.15, -0.1) is 0 Å². The molecule has 5 aromatic rings. The smallest absolute Gasteiger partial charge is 0.398 e. The second kappa shape index (κ2) is 13.5. The van der Waals surface area contributed by atoms with E-state index in [4.69, 9.17) is 5.73 Å². The third-order valence-corrected chi connectivity index (χ3v) is 8.19. The number of hydrogen-bond acceptors (Lipinski definition) is 4. The summed E-state index contributed by atoms with van der Waals surface area (Å²) in [6.45, 7) is 0. The van der Waals surface area contributed by atoms with Crippen molar-refractivity contribution in [2.45, 2.75) is 35.9 Å². The van der Waals surface area contributed by atoms with Crippen molar-refractivity contribution < 1.29 is 67.7 Å². The first-order valence-corrected chi connectivity index (χ1v) is 14.7. The van der Waals surface area contributed by atoms with Crippen molar-refractivity contribution >= 4 is 54.8 Å². The minimum absolute atomic E-state index is 0.000332. The molecule has 0 bridgehead atoms. The summed E-state index contributed by atoms with van der Waals surface area (Å²) in [7, 11) is 0. The number of benzene rings is 5. The maximum atomic E-state index is 13.5. The largest absolute Gasteiger partial charge is 0.430 e. The fourth-order valence-electron chi connectivity index (χ4n) is 5.04. The van der Waals surface area contributed by atoms with Crippen LogP contribution >= 0.6 is 15.9 Å². The van der Waals surface area contributed by atoms with E-state index >= 15 is 0 Å². The van der Waals surface area contributed by atoms with Gasteiger partial charge in [0, 0.05) is 37.6 Å². The van der Waals surface area contributed by atoms with Crippen LogP contribution in [0.4, 0.5) is 64.1 Å². The molecule has 5 nitrogen and oxygen atoms in total. The van der Waals surface area contributed by atoms with Gasteiger partial charge < -0.3 is 21.3 Å². The summed E-state index contributed by atoms with van der Waals surface area (Å²) in [5.74, 6) is -0.938. The summed E-state index contributed by atoms with van der Waals surface area (Å²) in [4.78, 5) is 12.6. The fraction of sp³-hybridized carbons (Fsp3) is 0.182. The minimum atomic E-state index is -6.09. The minimum Gasteiger partial charge on any atom is -0.398 e. The predicted octanol–water partition coefficient (Wildman–Crippen LogP) is 9.90. The van der Waals surface area contributed by atoms with Crippen LogP contribution in [0.3, 0.4) is 0 Å². The molecule has 272 valence electrons. The highest BCUT2D eigenvalue weighted by atomic mass is 79.9. The monoisotopic (exact) mass is 800 g/mol. The lowest BCUT2D eigenvalue weighted by atomic mass is 9.88. The summed E-state index contributed by atoms with van der Waals surface area (Å²) in [6.07, 6.45) is -24.1. The SMILES string of the molecule is Nc1c(C(O)(C(F)(F)F)C(F)(F)F)ccc2ccccc12.O=C(Nc1c(C(O)(C(F)(F)F)C(F)(F)F)ccc2ccccc12)c1ccc(Br)cc1. The number of amides is 1. The molecule has 0 aliphatic carbocycles. The van der Waals surface area contributed by atoms with E-state index in [0.717, 1.165) is 12.1 Å². The molecule has 0 aliphatic heterocycles. The summed E-state index contributed by atoms with van der Waals surface area (Å²) in [6, 6.07) is 20.1. The Morgan fingerprint density at radius 1 is 0.549 bits per heavy atom. The van der Waals surface area contributed by atoms with Crippen LogP contribution < -0.4 is 11.1 Å². The van der Waals surface area contributed by atoms with Gasteiger partial charge >= 0.3 is 24.7 Å². The molecule has 5 N–H and O–H groups in total. The number of alkyl halides is 12. The Labute approximate surface area is 287 Å². The van der Waals surface area contributed by atoms with E-state index in [1.54, 1.807) is 6.07 Å². The molecular formula is C33H21BrF12N2O3. The highest BCUT2D eigenvalue weighted by molar-refractivity contribution is 9.10. The molecule has 0 saturated heterocycles. The van der Waals surface area contributed by atoms with Crippen molar-refractivity contribution in [3.8, 4) is 0 Å². The van der Waals surface area contributed by atoms with E-state index < -0.39 is 64.3 Å². The van der Waals surface area contributed by atoms with E-state index in [1.165, 1.54) is 66.7 Å². The molecule has 0 aliphatic rings. The zero-order chi connectivity index (χ0) is 38.4. The Balaban J connectivity index is 0.000000244. The van der Waals surface area contributed by atoms with Crippen molar-refractivity contribution in [3.05, 3.63) is 118 Å². The number of nitrogens with one attached hydrogen (secondary N) is 1. The van der Waals surface area contributed by atoms with Gasteiger partial charge in [0.2, 0.25) is 0 Å². The Morgan fingerprint density at radius 3 is 1.41 bits per heavy atom. The molecule has 0 aromatic heterocycles. The molecule has 0 unspecified atom stereocenters. The van der Waals surface area contributed by atoms with Gasteiger partial charge in [0.05, 0.1) is 5.69 Å². The van der Waals surface area contributed by atoms with Gasteiger partial charge in [0.1, 0.15) is 0 Å². The number of halogens is 13. The second-order valence-electron chi connectivity index (χ2n) is 10.8. The summed E-state index contributed by atoms with van der Waals surface area (Å²) in [5.41, 5.74) is -9.26. The quantitative estimate of drug-likeness (QED) is 0.108. The molecule has 0 radical (unpaired) electrons. The van der Waals surface area contributed by atoms with Gasteiger partial charge in [-0.05, 0) is 35.0 Å². The highest BCUT2D eigenvalue weighted by Gasteiger charge is 2.73. The first kappa shape index (κ1) is 39.2. The van der Waals surface area contributed by atoms with Gasteiger partial charge in [-0.3, -0.25) is 4.79 Å². The summed E-state index contributed by atoms with van der Waals surface area (Å²) in [5, 5.41) is 22.0. The van der Waals surface area contributed by atoms with Crippen LogP contribution in [0, 0.1) is 0 Å². The third kappa shape index (κ3) is 7.16. The molecule has 1 amide bonds. The lowest BCUT2D eigenvalue weighted by Gasteiger charge is -2.34. The van der Waals surface area contributed by atoms with Crippen molar-refractivity contribution in [2.24, 2.45) is 0 Å². The average molecular weight is 801 g/mol. The van der Waals surface area contributed by atoms with Gasteiger partial charge in [-0.2, -0.15) is 52.7 Å². The Hall–Kier alpha value is -4.55. The van der Waals surface area contributed by atoms with Crippen LogP contribution in [-0.4, -0.2) is 40.8 Å². The lowest BCUT2D eigenvalue weighted by molar-refractivity contribution is -0.376. The van der Waals surface area contributed by atoms with Crippen LogP contribution in [0.15, 0.2) is 102 Å². The van der Waals surface area contributed by atoms with Crippen molar-refractivity contribution in [3.63, 3.8) is 0 Å². The van der Waals surface area contributed by atoms with Gasteiger partial charge in [-0.25, -0.2) is 0 Å². The number of carbonyl (C=O) groups is 1. The number of nitrogen functional groups attached to an aromatic ring is 1. The maximum absolute atomic E-state index is 13.5. The topological polar surface area (TPSA) is 95.6 Å². The van der Waals surface area contributed by atoms with Gasteiger partial charge in [0.15, 0.2) is 0 Å². The number of aliphatic hydroxyl groups is 2. The predicted molar refractivity (Wildman–Crippen MR) is 166 cm³/mol. The number of rotatable bonds is 4. The van der Waals surface area contributed by atoms with Crippen molar-refractivity contribution in [2.75, 3.05) is 11.1 Å². The average Bonchev–Trinajstić information content (AvgIpc) is 3.03. The standard InChI is InChI=1S/C20H12BrF6NO2.C13H9F6NO/c21-13-8-5-12(6-9-13)17(29)28-16-14-4-2-1-3-11(14)7-10-15(16)18(30,19(22,23)24)20(25,26)27;14-12(15,16)11(21,13(17,18)19)9-6-5-7-3-1-2-4-8(7)10(9)20/h1-10,30H,(H,28,29);1-6,21H,20H2. The summed E-state index contributed by atoms with van der Waals surface area (Å²) < 4.78 is 159.